The number of nitrogens with one attached hydrogen (secondary N) is 2. The summed E-state index contributed by atoms with van der Waals surface area (Å²) in [5.74, 6) is 0.0812. The van der Waals surface area contributed by atoms with E-state index in [-0.39, 0.29) is 24.2 Å². The van der Waals surface area contributed by atoms with Gasteiger partial charge < -0.3 is 16.4 Å². The number of hydrogen-bond acceptors (Lipinski definition) is 6. The van der Waals surface area contributed by atoms with Crippen LogP contribution in [0.1, 0.15) is 37.2 Å². The molecule has 24 heavy (non-hydrogen) atoms. The maximum atomic E-state index is 12.3. The Balaban J connectivity index is 2.11. The molecule has 0 bridgehead atoms. The van der Waals surface area contributed by atoms with Crippen molar-refractivity contribution in [3.63, 3.8) is 0 Å². The van der Waals surface area contributed by atoms with Crippen LogP contribution in [0.4, 0.5) is 5.95 Å². The fourth-order valence-corrected chi connectivity index (χ4v) is 2.40. The second-order valence-electron chi connectivity index (χ2n) is 5.70. The molecule has 2 rings (SSSR count). The predicted octanol–water partition coefficient (Wildman–Crippen LogP) is -0.103. The molecule has 0 spiro atoms. The maximum absolute atomic E-state index is 12.3. The number of nitrogens with zero attached hydrogens (tertiary/aromatic N) is 4. The Labute approximate surface area is 140 Å². The summed E-state index contributed by atoms with van der Waals surface area (Å²) in [6.07, 6.45) is 0.948. The number of anilines is 1. The lowest BCUT2D eigenvalue weighted by Gasteiger charge is -2.15. The first-order chi connectivity index (χ1) is 11.3. The van der Waals surface area contributed by atoms with E-state index >= 15 is 0 Å². The van der Waals surface area contributed by atoms with Crippen LogP contribution >= 0.6 is 0 Å². The predicted molar refractivity (Wildman–Crippen MR) is 89.3 cm³/mol. The monoisotopic (exact) mass is 333 g/mol. The zero-order valence-electron chi connectivity index (χ0n) is 14.4. The third-order valence-electron chi connectivity index (χ3n) is 3.72. The molecule has 2 amide bonds. The molecular formula is C15H23N7O2. The summed E-state index contributed by atoms with van der Waals surface area (Å²) in [6.45, 7) is 7.84. The molecule has 2 aromatic rings. The zero-order valence-corrected chi connectivity index (χ0v) is 14.4. The van der Waals surface area contributed by atoms with E-state index in [9.17, 15) is 9.59 Å². The van der Waals surface area contributed by atoms with Gasteiger partial charge in [-0.2, -0.15) is 9.50 Å². The quantitative estimate of drug-likeness (QED) is 0.677. The summed E-state index contributed by atoms with van der Waals surface area (Å²) in [6, 6.07) is -0.594. The van der Waals surface area contributed by atoms with Gasteiger partial charge in [-0.1, -0.05) is 6.92 Å². The molecule has 9 nitrogen and oxygen atoms in total. The van der Waals surface area contributed by atoms with E-state index in [4.69, 9.17) is 5.73 Å². The third-order valence-corrected chi connectivity index (χ3v) is 3.72. The smallest absolute Gasteiger partial charge is 0.254 e. The molecule has 0 fully saturated rings. The van der Waals surface area contributed by atoms with Crippen molar-refractivity contribution in [1.29, 1.82) is 0 Å². The molecule has 0 aliphatic rings. The number of hydrogen-bond donors (Lipinski definition) is 3. The normalized spacial score (nSPS) is 12.2. The lowest BCUT2D eigenvalue weighted by Crippen LogP contribution is -2.45. The number of nitrogens with two attached hydrogens (primary N) is 1. The second kappa shape index (κ2) is 7.24. The van der Waals surface area contributed by atoms with E-state index in [1.54, 1.807) is 13.8 Å². The van der Waals surface area contributed by atoms with Gasteiger partial charge in [-0.25, -0.2) is 4.98 Å². The number of rotatable bonds is 6. The van der Waals surface area contributed by atoms with E-state index in [0.29, 0.717) is 18.0 Å². The molecule has 0 saturated heterocycles. The molecule has 1 atom stereocenters. The fourth-order valence-electron chi connectivity index (χ4n) is 2.40. The summed E-state index contributed by atoms with van der Waals surface area (Å²) in [4.78, 5) is 32.4. The Morgan fingerprint density at radius 2 is 2.00 bits per heavy atom. The summed E-state index contributed by atoms with van der Waals surface area (Å²) in [5.41, 5.74) is 7.77. The first kappa shape index (κ1) is 17.6. The van der Waals surface area contributed by atoms with Crippen LogP contribution < -0.4 is 16.4 Å². The first-order valence-corrected chi connectivity index (χ1v) is 7.88. The Kier molecular flexibility index (Phi) is 5.32. The van der Waals surface area contributed by atoms with E-state index in [2.05, 4.69) is 25.7 Å². The van der Waals surface area contributed by atoms with Crippen molar-refractivity contribution >= 4 is 23.5 Å². The molecule has 2 aromatic heterocycles. The van der Waals surface area contributed by atoms with Gasteiger partial charge in [0.1, 0.15) is 6.04 Å². The largest absolute Gasteiger partial charge is 0.366 e. The van der Waals surface area contributed by atoms with E-state index in [1.165, 1.54) is 4.52 Å². The molecule has 0 saturated carbocycles. The third kappa shape index (κ3) is 3.79. The summed E-state index contributed by atoms with van der Waals surface area (Å²) in [7, 11) is 0. The van der Waals surface area contributed by atoms with Crippen molar-refractivity contribution in [3.8, 4) is 0 Å². The number of fused-ring (bicyclic) bond motifs is 1. The highest BCUT2D eigenvalue weighted by Crippen LogP contribution is 2.14. The molecule has 2 heterocycles. The van der Waals surface area contributed by atoms with Crippen molar-refractivity contribution in [1.82, 2.24) is 30.2 Å². The SMILES string of the molecule is CCCNC(=O)[C@H](C)NC(=O)Cc1c(C)nc2nc(N)nn2c1C. The van der Waals surface area contributed by atoms with Crippen LogP contribution in [0.15, 0.2) is 0 Å². The van der Waals surface area contributed by atoms with E-state index < -0.39 is 6.04 Å². The van der Waals surface area contributed by atoms with E-state index in [0.717, 1.165) is 17.7 Å². The van der Waals surface area contributed by atoms with Gasteiger partial charge in [0.2, 0.25) is 17.8 Å². The maximum Gasteiger partial charge on any atom is 0.254 e. The molecule has 0 aromatic carbocycles. The molecule has 4 N–H and O–H groups in total. The number of aromatic nitrogens is 4. The van der Waals surface area contributed by atoms with Crippen LogP contribution in [0.25, 0.3) is 5.78 Å². The lowest BCUT2D eigenvalue weighted by molar-refractivity contribution is -0.128. The number of nitrogen functional groups attached to an aromatic ring is 1. The highest BCUT2D eigenvalue weighted by molar-refractivity contribution is 5.88. The number of amides is 2. The van der Waals surface area contributed by atoms with Crippen molar-refractivity contribution in [2.45, 2.75) is 46.6 Å². The fraction of sp³-hybridized carbons (Fsp3) is 0.533. The number of aryl methyl sites for hydroxylation is 2. The minimum absolute atomic E-state index is 0.103. The molecule has 0 aliphatic heterocycles. The van der Waals surface area contributed by atoms with Gasteiger partial charge in [-0.05, 0) is 27.2 Å². The Hall–Kier alpha value is -2.71. The van der Waals surface area contributed by atoms with Gasteiger partial charge in [-0.15, -0.1) is 5.10 Å². The van der Waals surface area contributed by atoms with Gasteiger partial charge in [0.05, 0.1) is 6.42 Å². The summed E-state index contributed by atoms with van der Waals surface area (Å²) < 4.78 is 1.52. The standard InChI is InChI=1S/C15H23N7O2/c1-5-6-17-13(24)9(3)18-12(23)7-11-8(2)19-15-20-14(16)21-22(15)10(11)4/h9H,5-7H2,1-4H3,(H2,16,21)(H,17,24)(H,18,23)/t9-/m0/s1. The van der Waals surface area contributed by atoms with Crippen LogP contribution in [0.5, 0.6) is 0 Å². The summed E-state index contributed by atoms with van der Waals surface area (Å²) in [5, 5.41) is 9.51. The lowest BCUT2D eigenvalue weighted by atomic mass is 10.1. The Morgan fingerprint density at radius 1 is 1.29 bits per heavy atom. The highest BCUT2D eigenvalue weighted by atomic mass is 16.2. The van der Waals surface area contributed by atoms with Crippen LogP contribution in [0.3, 0.4) is 0 Å². The summed E-state index contributed by atoms with van der Waals surface area (Å²) >= 11 is 0. The molecule has 130 valence electrons. The first-order valence-electron chi connectivity index (χ1n) is 7.88. The van der Waals surface area contributed by atoms with Crippen LogP contribution in [-0.4, -0.2) is 44.0 Å². The van der Waals surface area contributed by atoms with E-state index in [1.807, 2.05) is 13.8 Å². The van der Waals surface area contributed by atoms with Crippen molar-refractivity contribution in [3.05, 3.63) is 17.0 Å². The second-order valence-corrected chi connectivity index (χ2v) is 5.70. The minimum Gasteiger partial charge on any atom is -0.366 e. The number of carbonyl (C=O) groups excluding carboxylic acids is 2. The molecular weight excluding hydrogens is 310 g/mol. The highest BCUT2D eigenvalue weighted by Gasteiger charge is 2.19. The van der Waals surface area contributed by atoms with Gasteiger partial charge in [-0.3, -0.25) is 9.59 Å². The van der Waals surface area contributed by atoms with Crippen LogP contribution in [-0.2, 0) is 16.0 Å². The zero-order chi connectivity index (χ0) is 17.9. The molecule has 9 heteroatoms. The average molecular weight is 333 g/mol. The average Bonchev–Trinajstić information content (AvgIpc) is 2.89. The molecule has 0 unspecified atom stereocenters. The molecule has 0 radical (unpaired) electrons. The Morgan fingerprint density at radius 3 is 2.67 bits per heavy atom. The van der Waals surface area contributed by atoms with Gasteiger partial charge >= 0.3 is 0 Å². The van der Waals surface area contributed by atoms with Crippen LogP contribution in [0.2, 0.25) is 0 Å². The Bertz CT molecular complexity index is 769. The minimum atomic E-state index is -0.594. The van der Waals surface area contributed by atoms with Gasteiger partial charge in [0, 0.05) is 23.5 Å². The van der Waals surface area contributed by atoms with Crippen molar-refractivity contribution in [2.24, 2.45) is 0 Å². The topological polar surface area (TPSA) is 127 Å². The number of carbonyl (C=O) groups is 2. The van der Waals surface area contributed by atoms with Gasteiger partial charge in [0.15, 0.2) is 0 Å². The van der Waals surface area contributed by atoms with Crippen molar-refractivity contribution < 1.29 is 9.59 Å². The molecule has 0 aliphatic carbocycles. The van der Waals surface area contributed by atoms with Gasteiger partial charge in [0.25, 0.3) is 5.78 Å². The van der Waals surface area contributed by atoms with Crippen LogP contribution in [0, 0.1) is 13.8 Å². The van der Waals surface area contributed by atoms with Crippen molar-refractivity contribution in [2.75, 3.05) is 12.3 Å².